The second-order valence-corrected chi connectivity index (χ2v) is 4.01. The molecular weight excluding hydrogens is 206 g/mol. The van der Waals surface area contributed by atoms with E-state index in [4.69, 9.17) is 0 Å². The Kier molecular flexibility index (Phi) is 8.85. The summed E-state index contributed by atoms with van der Waals surface area (Å²) in [5.74, 6) is 0. The van der Waals surface area contributed by atoms with Crippen LogP contribution in [0, 0.1) is 0 Å². The van der Waals surface area contributed by atoms with E-state index in [0.717, 1.165) is 18.5 Å². The van der Waals surface area contributed by atoms with E-state index < -0.39 is 0 Å². The Morgan fingerprint density at radius 1 is 1.24 bits per heavy atom. The van der Waals surface area contributed by atoms with Crippen LogP contribution in [0.15, 0.2) is 61.4 Å². The minimum Gasteiger partial charge on any atom is -0.369 e. The molecule has 0 saturated carbocycles. The van der Waals surface area contributed by atoms with Gasteiger partial charge in [0.15, 0.2) is 0 Å². The average Bonchev–Trinajstić information content (AvgIpc) is 2.35. The van der Waals surface area contributed by atoms with Crippen LogP contribution in [0.5, 0.6) is 0 Å². The zero-order valence-corrected chi connectivity index (χ0v) is 11.4. The molecule has 0 heterocycles. The summed E-state index contributed by atoms with van der Waals surface area (Å²) < 4.78 is 0. The Morgan fingerprint density at radius 3 is 2.47 bits per heavy atom. The first-order valence-corrected chi connectivity index (χ1v) is 6.12. The van der Waals surface area contributed by atoms with Crippen LogP contribution in [0.1, 0.15) is 26.7 Å². The van der Waals surface area contributed by atoms with E-state index in [9.17, 15) is 0 Å². The van der Waals surface area contributed by atoms with Crippen LogP contribution >= 0.6 is 0 Å². The van der Waals surface area contributed by atoms with Crippen molar-refractivity contribution in [1.29, 1.82) is 0 Å². The smallest absolute Gasteiger partial charge is 0.0444 e. The summed E-state index contributed by atoms with van der Waals surface area (Å²) in [5, 5.41) is 0. The standard InChI is InChI=1S/C16H25N/c1-6-8-9-10-11-12-13-14-16(4)17(5)15(3)7-2/h6-8,11-14,16H,2-3,9-10H2,1,4-5H3/b8-6-,12-11-,14-13-. The summed E-state index contributed by atoms with van der Waals surface area (Å²) in [7, 11) is 2.02. The molecule has 1 atom stereocenters. The Hall–Kier alpha value is -1.50. The van der Waals surface area contributed by atoms with E-state index in [1.54, 1.807) is 6.08 Å². The van der Waals surface area contributed by atoms with Gasteiger partial charge < -0.3 is 4.90 Å². The molecule has 1 heteroatoms. The van der Waals surface area contributed by atoms with Gasteiger partial charge in [0.2, 0.25) is 0 Å². The van der Waals surface area contributed by atoms with Gasteiger partial charge in [0, 0.05) is 18.8 Å². The van der Waals surface area contributed by atoms with Gasteiger partial charge in [-0.2, -0.15) is 0 Å². The van der Waals surface area contributed by atoms with Crippen LogP contribution in [0.3, 0.4) is 0 Å². The highest BCUT2D eigenvalue weighted by atomic mass is 15.1. The van der Waals surface area contributed by atoms with Gasteiger partial charge in [-0.3, -0.25) is 0 Å². The zero-order valence-electron chi connectivity index (χ0n) is 11.4. The first kappa shape index (κ1) is 15.5. The zero-order chi connectivity index (χ0) is 13.1. The molecule has 1 nitrogen and oxygen atoms in total. The summed E-state index contributed by atoms with van der Waals surface area (Å²) in [4.78, 5) is 2.09. The average molecular weight is 231 g/mol. The van der Waals surface area contributed by atoms with Crippen LogP contribution in [-0.4, -0.2) is 18.0 Å². The summed E-state index contributed by atoms with van der Waals surface area (Å²) in [6.07, 6.45) is 16.8. The molecule has 0 spiro atoms. The van der Waals surface area contributed by atoms with Gasteiger partial charge in [0.25, 0.3) is 0 Å². The van der Waals surface area contributed by atoms with Crippen LogP contribution in [-0.2, 0) is 0 Å². The Bertz CT molecular complexity index is 307. The molecule has 94 valence electrons. The second kappa shape index (κ2) is 9.71. The van der Waals surface area contributed by atoms with Crippen molar-refractivity contribution >= 4 is 0 Å². The minimum absolute atomic E-state index is 0.334. The maximum atomic E-state index is 3.92. The van der Waals surface area contributed by atoms with Gasteiger partial charge in [0.1, 0.15) is 0 Å². The minimum atomic E-state index is 0.334. The predicted molar refractivity (Wildman–Crippen MR) is 78.9 cm³/mol. The van der Waals surface area contributed by atoms with Gasteiger partial charge in [-0.25, -0.2) is 0 Å². The third-order valence-electron chi connectivity index (χ3n) is 2.67. The molecule has 0 aliphatic carbocycles. The number of nitrogens with zero attached hydrogens (tertiary/aromatic N) is 1. The van der Waals surface area contributed by atoms with Crippen molar-refractivity contribution in [3.05, 3.63) is 61.4 Å². The van der Waals surface area contributed by atoms with Crippen LogP contribution in [0.4, 0.5) is 0 Å². The van der Waals surface area contributed by atoms with Crippen molar-refractivity contribution in [2.45, 2.75) is 32.7 Å². The molecule has 0 saturated heterocycles. The molecule has 0 aromatic heterocycles. The topological polar surface area (TPSA) is 3.24 Å². The molecule has 17 heavy (non-hydrogen) atoms. The van der Waals surface area contributed by atoms with E-state index in [1.807, 2.05) is 14.0 Å². The fourth-order valence-corrected chi connectivity index (χ4v) is 1.29. The van der Waals surface area contributed by atoms with Gasteiger partial charge in [0.05, 0.1) is 0 Å². The molecule has 0 aliphatic rings. The molecule has 0 aliphatic heterocycles. The van der Waals surface area contributed by atoms with E-state index in [2.05, 4.69) is 61.4 Å². The van der Waals surface area contributed by atoms with Crippen molar-refractivity contribution in [3.8, 4) is 0 Å². The third-order valence-corrected chi connectivity index (χ3v) is 2.67. The molecule has 0 N–H and O–H groups in total. The number of hydrogen-bond acceptors (Lipinski definition) is 1. The van der Waals surface area contributed by atoms with Crippen molar-refractivity contribution in [1.82, 2.24) is 4.90 Å². The monoisotopic (exact) mass is 231 g/mol. The summed E-state index contributed by atoms with van der Waals surface area (Å²) in [6.45, 7) is 11.8. The molecule has 0 rings (SSSR count). The van der Waals surface area contributed by atoms with Crippen molar-refractivity contribution < 1.29 is 0 Å². The SMILES string of the molecule is C=CC(=C)N(C)C(C)/C=C\C=C/CC/C=C\C. The van der Waals surface area contributed by atoms with E-state index >= 15 is 0 Å². The fourth-order valence-electron chi connectivity index (χ4n) is 1.29. The molecule has 0 bridgehead atoms. The third kappa shape index (κ3) is 7.40. The van der Waals surface area contributed by atoms with Gasteiger partial charge >= 0.3 is 0 Å². The van der Waals surface area contributed by atoms with Gasteiger partial charge in [-0.15, -0.1) is 0 Å². The predicted octanol–water partition coefficient (Wildman–Crippen LogP) is 4.48. The fraction of sp³-hybridized carbons (Fsp3) is 0.375. The number of rotatable bonds is 8. The maximum Gasteiger partial charge on any atom is 0.0444 e. The molecule has 0 fully saturated rings. The molecule has 0 aromatic rings. The number of likely N-dealkylation sites (N-methyl/N-ethyl adjacent to an activating group) is 1. The van der Waals surface area contributed by atoms with Crippen molar-refractivity contribution in [2.75, 3.05) is 7.05 Å². The highest BCUT2D eigenvalue weighted by molar-refractivity contribution is 5.14. The first-order valence-electron chi connectivity index (χ1n) is 6.12. The largest absolute Gasteiger partial charge is 0.369 e. The van der Waals surface area contributed by atoms with Crippen molar-refractivity contribution in [2.24, 2.45) is 0 Å². The lowest BCUT2D eigenvalue weighted by molar-refractivity contribution is 0.386. The van der Waals surface area contributed by atoms with Crippen LogP contribution < -0.4 is 0 Å². The maximum absolute atomic E-state index is 3.92. The quantitative estimate of drug-likeness (QED) is 0.338. The molecule has 0 radical (unpaired) electrons. The normalized spacial score (nSPS) is 13.6. The highest BCUT2D eigenvalue weighted by Crippen LogP contribution is 2.06. The van der Waals surface area contributed by atoms with Crippen LogP contribution in [0.25, 0.3) is 0 Å². The Labute approximate surface area is 107 Å². The lowest BCUT2D eigenvalue weighted by Gasteiger charge is -2.24. The lowest BCUT2D eigenvalue weighted by atomic mass is 10.2. The number of hydrogen-bond donors (Lipinski definition) is 0. The van der Waals surface area contributed by atoms with Gasteiger partial charge in [-0.05, 0) is 32.8 Å². The summed E-state index contributed by atoms with van der Waals surface area (Å²) in [6, 6.07) is 0.334. The first-order chi connectivity index (χ1) is 8.13. The summed E-state index contributed by atoms with van der Waals surface area (Å²) >= 11 is 0. The molecular formula is C16H25N. The summed E-state index contributed by atoms with van der Waals surface area (Å²) in [5.41, 5.74) is 0.944. The van der Waals surface area contributed by atoms with Crippen molar-refractivity contribution in [3.63, 3.8) is 0 Å². The van der Waals surface area contributed by atoms with E-state index in [0.29, 0.717) is 6.04 Å². The Morgan fingerprint density at radius 2 is 1.88 bits per heavy atom. The molecule has 0 aromatic carbocycles. The number of allylic oxidation sites excluding steroid dienone is 6. The van der Waals surface area contributed by atoms with Crippen LogP contribution in [0.2, 0.25) is 0 Å². The van der Waals surface area contributed by atoms with Gasteiger partial charge in [-0.1, -0.05) is 49.6 Å². The Balaban J connectivity index is 3.98. The van der Waals surface area contributed by atoms with E-state index in [1.165, 1.54) is 0 Å². The highest BCUT2D eigenvalue weighted by Gasteiger charge is 2.03. The lowest BCUT2D eigenvalue weighted by Crippen LogP contribution is -2.25. The number of unbranched alkanes of at least 4 members (excludes halogenated alkanes) is 1. The molecule has 1 unspecified atom stereocenters. The second-order valence-electron chi connectivity index (χ2n) is 4.01. The molecule has 0 amide bonds. The van der Waals surface area contributed by atoms with E-state index in [-0.39, 0.29) is 0 Å².